The Balaban J connectivity index is 0.00000392. The van der Waals surface area contributed by atoms with Crippen LogP contribution in [-0.4, -0.2) is 66.3 Å². The van der Waals surface area contributed by atoms with Gasteiger partial charge in [0.15, 0.2) is 15.8 Å². The topological polar surface area (TPSA) is 108 Å². The molecule has 1 unspecified atom stereocenters. The van der Waals surface area contributed by atoms with Crippen molar-refractivity contribution in [2.24, 2.45) is 10.9 Å². The van der Waals surface area contributed by atoms with Gasteiger partial charge in [0.05, 0.1) is 11.2 Å². The molecule has 8 nitrogen and oxygen atoms in total. The maximum absolute atomic E-state index is 11.7. The first-order valence-electron chi connectivity index (χ1n) is 8.70. The molecule has 1 atom stereocenters. The van der Waals surface area contributed by atoms with E-state index < -0.39 is 19.9 Å². The van der Waals surface area contributed by atoms with Crippen molar-refractivity contribution in [3.8, 4) is 0 Å². The third-order valence-electron chi connectivity index (χ3n) is 4.60. The van der Waals surface area contributed by atoms with Gasteiger partial charge in [-0.15, -0.1) is 24.0 Å². The highest BCUT2D eigenvalue weighted by molar-refractivity contribution is 14.0. The molecule has 1 fully saturated rings. The Morgan fingerprint density at radius 3 is 2.39 bits per heavy atom. The summed E-state index contributed by atoms with van der Waals surface area (Å²) in [6.45, 7) is 4.00. The van der Waals surface area contributed by atoms with Crippen molar-refractivity contribution in [3.05, 3.63) is 29.3 Å². The molecule has 1 aliphatic heterocycles. The molecule has 11 heteroatoms. The van der Waals surface area contributed by atoms with Crippen LogP contribution < -0.4 is 10.6 Å². The van der Waals surface area contributed by atoms with E-state index in [1.807, 2.05) is 6.07 Å². The predicted molar refractivity (Wildman–Crippen MR) is 122 cm³/mol. The standard InChI is InChI=1S/C17H28N4O4S2.HI/c1-13-9-14(5-6-16(13)26(3,22)23)10-19-17(18-2)20-11-15-7-8-21(12-15)27(4,24)25;/h5-6,9,15H,7-8,10-12H2,1-4H3,(H2,18,19,20);1H. The lowest BCUT2D eigenvalue weighted by Gasteiger charge is -2.16. The summed E-state index contributed by atoms with van der Waals surface area (Å²) < 4.78 is 48.0. The molecule has 2 rings (SSSR count). The summed E-state index contributed by atoms with van der Waals surface area (Å²) in [5, 5.41) is 6.42. The predicted octanol–water partition coefficient (Wildman–Crippen LogP) is 0.963. The number of hydrogen-bond donors (Lipinski definition) is 2. The molecule has 1 aliphatic rings. The van der Waals surface area contributed by atoms with E-state index in [4.69, 9.17) is 0 Å². The number of hydrogen-bond acceptors (Lipinski definition) is 5. The van der Waals surface area contributed by atoms with Gasteiger partial charge in [-0.3, -0.25) is 4.99 Å². The molecule has 28 heavy (non-hydrogen) atoms. The lowest BCUT2D eigenvalue weighted by molar-refractivity contribution is 0.459. The third kappa shape index (κ3) is 7.16. The van der Waals surface area contributed by atoms with Crippen LogP contribution in [0.5, 0.6) is 0 Å². The van der Waals surface area contributed by atoms with Crippen molar-refractivity contribution in [1.82, 2.24) is 14.9 Å². The van der Waals surface area contributed by atoms with Gasteiger partial charge in [-0.25, -0.2) is 21.1 Å². The Morgan fingerprint density at radius 2 is 1.89 bits per heavy atom. The quantitative estimate of drug-likeness (QED) is 0.314. The highest BCUT2D eigenvalue weighted by atomic mass is 127. The van der Waals surface area contributed by atoms with Crippen LogP contribution in [0.2, 0.25) is 0 Å². The van der Waals surface area contributed by atoms with Gasteiger partial charge in [0.1, 0.15) is 0 Å². The summed E-state index contributed by atoms with van der Waals surface area (Å²) >= 11 is 0. The van der Waals surface area contributed by atoms with Crippen LogP contribution >= 0.6 is 24.0 Å². The molecule has 1 saturated heterocycles. The number of aryl methyl sites for hydroxylation is 1. The van der Waals surface area contributed by atoms with Crippen LogP contribution in [-0.2, 0) is 26.4 Å². The zero-order chi connectivity index (χ0) is 20.2. The van der Waals surface area contributed by atoms with Crippen molar-refractivity contribution in [3.63, 3.8) is 0 Å². The van der Waals surface area contributed by atoms with Crippen molar-refractivity contribution in [2.75, 3.05) is 39.2 Å². The van der Waals surface area contributed by atoms with E-state index in [1.54, 1.807) is 26.1 Å². The van der Waals surface area contributed by atoms with Gasteiger partial charge in [-0.05, 0) is 36.5 Å². The van der Waals surface area contributed by atoms with E-state index in [-0.39, 0.29) is 29.9 Å². The Bertz CT molecular complexity index is 917. The lowest BCUT2D eigenvalue weighted by Crippen LogP contribution is -2.40. The van der Waals surface area contributed by atoms with Crippen LogP contribution in [0.4, 0.5) is 0 Å². The zero-order valence-corrected chi connectivity index (χ0v) is 20.6. The maximum atomic E-state index is 11.7. The molecule has 1 aromatic rings. The summed E-state index contributed by atoms with van der Waals surface area (Å²) in [6.07, 6.45) is 3.26. The zero-order valence-electron chi connectivity index (χ0n) is 16.6. The second kappa shape index (κ2) is 10.2. The van der Waals surface area contributed by atoms with E-state index >= 15 is 0 Å². The number of benzene rings is 1. The van der Waals surface area contributed by atoms with Crippen LogP contribution in [0.3, 0.4) is 0 Å². The Kier molecular flexibility index (Phi) is 9.16. The van der Waals surface area contributed by atoms with Crippen molar-refractivity contribution >= 4 is 49.8 Å². The van der Waals surface area contributed by atoms with Gasteiger partial charge in [0.2, 0.25) is 10.0 Å². The molecular weight excluding hydrogens is 515 g/mol. The molecule has 0 saturated carbocycles. The first kappa shape index (κ1) is 25.1. The first-order chi connectivity index (χ1) is 12.5. The molecular formula is C17H29IN4O4S2. The Morgan fingerprint density at radius 1 is 1.21 bits per heavy atom. The number of nitrogens with one attached hydrogen (secondary N) is 2. The minimum Gasteiger partial charge on any atom is -0.356 e. The van der Waals surface area contributed by atoms with Gasteiger partial charge in [-0.2, -0.15) is 0 Å². The second-order valence-corrected chi connectivity index (χ2v) is 10.9. The van der Waals surface area contributed by atoms with E-state index in [2.05, 4.69) is 15.6 Å². The number of guanidine groups is 1. The molecule has 1 aromatic carbocycles. The van der Waals surface area contributed by atoms with E-state index in [0.29, 0.717) is 42.6 Å². The summed E-state index contributed by atoms with van der Waals surface area (Å²) in [7, 11) is -4.68. The third-order valence-corrected chi connectivity index (χ3v) is 7.12. The van der Waals surface area contributed by atoms with Crippen LogP contribution in [0, 0.1) is 12.8 Å². The molecule has 2 N–H and O–H groups in total. The molecule has 0 bridgehead atoms. The number of sulfonamides is 1. The first-order valence-corrected chi connectivity index (χ1v) is 12.4. The Labute approximate surface area is 185 Å². The van der Waals surface area contributed by atoms with E-state index in [9.17, 15) is 16.8 Å². The Hall–Kier alpha value is -0.920. The molecule has 0 aliphatic carbocycles. The molecule has 0 radical (unpaired) electrons. The largest absolute Gasteiger partial charge is 0.356 e. The van der Waals surface area contributed by atoms with E-state index in [1.165, 1.54) is 16.8 Å². The summed E-state index contributed by atoms with van der Waals surface area (Å²) in [6, 6.07) is 5.25. The van der Waals surface area contributed by atoms with Crippen molar-refractivity contribution in [1.29, 1.82) is 0 Å². The van der Waals surface area contributed by atoms with Crippen LogP contribution in [0.25, 0.3) is 0 Å². The van der Waals surface area contributed by atoms with Crippen LogP contribution in [0.1, 0.15) is 17.5 Å². The van der Waals surface area contributed by atoms with Gasteiger partial charge >= 0.3 is 0 Å². The fourth-order valence-corrected chi connectivity index (χ4v) is 5.03. The number of halogens is 1. The molecule has 160 valence electrons. The van der Waals surface area contributed by atoms with E-state index in [0.717, 1.165) is 12.0 Å². The summed E-state index contributed by atoms with van der Waals surface area (Å²) in [5.41, 5.74) is 1.67. The minimum atomic E-state index is -3.22. The average molecular weight is 544 g/mol. The summed E-state index contributed by atoms with van der Waals surface area (Å²) in [4.78, 5) is 4.52. The molecule has 0 spiro atoms. The minimum absolute atomic E-state index is 0. The lowest BCUT2D eigenvalue weighted by atomic mass is 10.1. The van der Waals surface area contributed by atoms with Crippen molar-refractivity contribution in [2.45, 2.75) is 24.8 Å². The van der Waals surface area contributed by atoms with Gasteiger partial charge in [0.25, 0.3) is 0 Å². The number of rotatable bonds is 6. The highest BCUT2D eigenvalue weighted by Crippen LogP contribution is 2.18. The normalized spacial score (nSPS) is 18.6. The number of sulfone groups is 1. The van der Waals surface area contributed by atoms with Gasteiger partial charge < -0.3 is 10.6 Å². The van der Waals surface area contributed by atoms with Crippen molar-refractivity contribution < 1.29 is 16.8 Å². The highest BCUT2D eigenvalue weighted by Gasteiger charge is 2.28. The molecule has 0 aromatic heterocycles. The van der Waals surface area contributed by atoms with Crippen LogP contribution in [0.15, 0.2) is 28.1 Å². The monoisotopic (exact) mass is 544 g/mol. The summed E-state index contributed by atoms with van der Waals surface area (Å²) in [5.74, 6) is 0.868. The second-order valence-electron chi connectivity index (χ2n) is 6.95. The number of aliphatic imine (C=N–C) groups is 1. The van der Waals surface area contributed by atoms with Gasteiger partial charge in [-0.1, -0.05) is 12.1 Å². The smallest absolute Gasteiger partial charge is 0.211 e. The fraction of sp³-hybridized carbons (Fsp3) is 0.588. The molecule has 1 heterocycles. The van der Waals surface area contributed by atoms with Gasteiger partial charge in [0, 0.05) is 39.5 Å². The SMILES string of the molecule is CN=C(NCc1ccc(S(C)(=O)=O)c(C)c1)NCC1CCN(S(C)(=O)=O)C1.I. The fourth-order valence-electron chi connectivity index (χ4n) is 3.15. The molecule has 0 amide bonds. The maximum Gasteiger partial charge on any atom is 0.211 e. The average Bonchev–Trinajstić information content (AvgIpc) is 3.03. The number of nitrogens with zero attached hydrogens (tertiary/aromatic N) is 2.